The number of fused-ring (bicyclic) bond motifs is 1. The smallest absolute Gasteiger partial charge is 0.0726 e. The Kier molecular flexibility index (Phi) is 3.67. The van der Waals surface area contributed by atoms with Crippen molar-refractivity contribution in [2.24, 2.45) is 0 Å². The molecule has 1 aromatic carbocycles. The summed E-state index contributed by atoms with van der Waals surface area (Å²) in [5.74, 6) is 0. The van der Waals surface area contributed by atoms with E-state index in [4.69, 9.17) is 0 Å². The minimum absolute atomic E-state index is 0.472. The fourth-order valence-corrected chi connectivity index (χ4v) is 2.51. The molecule has 2 rings (SSSR count). The molecule has 0 aliphatic heterocycles. The Labute approximate surface area is 111 Å². The lowest BCUT2D eigenvalue weighted by Crippen LogP contribution is -2.24. The van der Waals surface area contributed by atoms with Crippen LogP contribution in [-0.2, 0) is 0 Å². The summed E-state index contributed by atoms with van der Waals surface area (Å²) in [6, 6.07) is 10.4. The molecule has 0 saturated carbocycles. The summed E-state index contributed by atoms with van der Waals surface area (Å²) in [7, 11) is 2.12. The van der Waals surface area contributed by atoms with Crippen LogP contribution in [0.3, 0.4) is 0 Å². The highest BCUT2D eigenvalue weighted by atomic mass is 79.9. The predicted octanol–water partition coefficient (Wildman–Crippen LogP) is 3.76. The molecule has 17 heavy (non-hydrogen) atoms. The average Bonchev–Trinajstić information content (AvgIpc) is 2.26. The number of para-hydroxylation sites is 1. The summed E-state index contributed by atoms with van der Waals surface area (Å²) in [6.45, 7) is 5.18. The van der Waals surface area contributed by atoms with Gasteiger partial charge in [0.2, 0.25) is 0 Å². The fraction of sp³-hybridized carbons (Fsp3) is 0.357. The van der Waals surface area contributed by atoms with E-state index in [9.17, 15) is 0 Å². The third-order valence-corrected chi connectivity index (χ3v) is 3.05. The number of hydrogen-bond donors (Lipinski definition) is 0. The highest BCUT2D eigenvalue weighted by Gasteiger charge is 2.09. The molecule has 0 amide bonds. The van der Waals surface area contributed by atoms with Gasteiger partial charge in [0, 0.05) is 35.2 Å². The first-order valence-electron chi connectivity index (χ1n) is 5.79. The van der Waals surface area contributed by atoms with E-state index in [1.807, 2.05) is 13.0 Å². The van der Waals surface area contributed by atoms with Crippen molar-refractivity contribution in [1.29, 1.82) is 0 Å². The Morgan fingerprint density at radius 1 is 1.35 bits per heavy atom. The molecule has 1 unspecified atom stereocenters. The maximum atomic E-state index is 4.56. The molecule has 0 aliphatic rings. The molecule has 1 heterocycles. The number of rotatable bonds is 3. The van der Waals surface area contributed by atoms with E-state index >= 15 is 0 Å². The molecule has 0 aliphatic carbocycles. The summed E-state index contributed by atoms with van der Waals surface area (Å²) in [4.78, 5) is 7.31. The summed E-state index contributed by atoms with van der Waals surface area (Å²) in [5, 5.41) is 1.22. The molecule has 90 valence electrons. The molecule has 0 saturated heterocycles. The number of benzene rings is 1. The van der Waals surface area contributed by atoms with Crippen LogP contribution in [0.1, 0.15) is 12.6 Å². The second-order valence-corrected chi connectivity index (χ2v) is 6.02. The van der Waals surface area contributed by atoms with Gasteiger partial charge in [-0.1, -0.05) is 41.1 Å². The van der Waals surface area contributed by atoms with E-state index in [-0.39, 0.29) is 0 Å². The molecule has 0 N–H and O–H groups in total. The minimum Gasteiger partial charge on any atom is -0.373 e. The van der Waals surface area contributed by atoms with E-state index in [0.717, 1.165) is 17.8 Å². The van der Waals surface area contributed by atoms with Crippen molar-refractivity contribution >= 4 is 32.5 Å². The van der Waals surface area contributed by atoms with E-state index < -0.39 is 0 Å². The standard InChI is InChI=1S/C14H17BrN2/c1-10(15)9-17(3)14-8-11(2)16-13-7-5-4-6-12(13)14/h4-8,10H,9H2,1-3H3. The predicted molar refractivity (Wildman–Crippen MR) is 78.1 cm³/mol. The number of halogens is 1. The van der Waals surface area contributed by atoms with E-state index in [0.29, 0.717) is 4.83 Å². The molecule has 0 spiro atoms. The van der Waals surface area contributed by atoms with Gasteiger partial charge in [0.1, 0.15) is 0 Å². The first-order chi connectivity index (χ1) is 8.08. The van der Waals surface area contributed by atoms with Gasteiger partial charge in [-0.3, -0.25) is 4.98 Å². The number of aryl methyl sites for hydroxylation is 1. The molecule has 3 heteroatoms. The van der Waals surface area contributed by atoms with Crippen LogP contribution in [0.15, 0.2) is 30.3 Å². The third kappa shape index (κ3) is 2.78. The summed E-state index contributed by atoms with van der Waals surface area (Å²) >= 11 is 3.60. The van der Waals surface area contributed by atoms with Gasteiger partial charge in [0.05, 0.1) is 5.52 Å². The molecule has 1 atom stereocenters. The highest BCUT2D eigenvalue weighted by Crippen LogP contribution is 2.26. The normalized spacial score (nSPS) is 12.7. The molecule has 2 nitrogen and oxygen atoms in total. The second kappa shape index (κ2) is 5.05. The van der Waals surface area contributed by atoms with Crippen molar-refractivity contribution in [2.75, 3.05) is 18.5 Å². The van der Waals surface area contributed by atoms with Crippen LogP contribution in [0.2, 0.25) is 0 Å². The molecular formula is C14H17BrN2. The SMILES string of the molecule is Cc1cc(N(C)CC(C)Br)c2ccccc2n1. The number of hydrogen-bond acceptors (Lipinski definition) is 2. The summed E-state index contributed by atoms with van der Waals surface area (Å²) in [5.41, 5.74) is 3.38. The lowest BCUT2D eigenvalue weighted by Gasteiger charge is -2.22. The Morgan fingerprint density at radius 2 is 2.06 bits per heavy atom. The van der Waals surface area contributed by atoms with Gasteiger partial charge in [0.15, 0.2) is 0 Å². The number of nitrogens with zero attached hydrogens (tertiary/aromatic N) is 2. The van der Waals surface area contributed by atoms with Crippen molar-refractivity contribution in [3.05, 3.63) is 36.0 Å². The largest absolute Gasteiger partial charge is 0.373 e. The lowest BCUT2D eigenvalue weighted by molar-refractivity contribution is 0.879. The van der Waals surface area contributed by atoms with Gasteiger partial charge >= 0.3 is 0 Å². The van der Waals surface area contributed by atoms with Crippen LogP contribution >= 0.6 is 15.9 Å². The van der Waals surface area contributed by atoms with Gasteiger partial charge in [-0.15, -0.1) is 0 Å². The number of aromatic nitrogens is 1. The van der Waals surface area contributed by atoms with Crippen molar-refractivity contribution < 1.29 is 0 Å². The Balaban J connectivity index is 2.51. The molecule has 2 aromatic rings. The number of anilines is 1. The molecule has 0 bridgehead atoms. The van der Waals surface area contributed by atoms with Crippen LogP contribution in [0.25, 0.3) is 10.9 Å². The van der Waals surface area contributed by atoms with Crippen molar-refractivity contribution in [2.45, 2.75) is 18.7 Å². The number of alkyl halides is 1. The zero-order valence-electron chi connectivity index (χ0n) is 10.4. The third-order valence-electron chi connectivity index (χ3n) is 2.76. The highest BCUT2D eigenvalue weighted by molar-refractivity contribution is 9.09. The zero-order chi connectivity index (χ0) is 12.4. The van der Waals surface area contributed by atoms with Crippen LogP contribution in [-0.4, -0.2) is 23.4 Å². The maximum absolute atomic E-state index is 4.56. The first-order valence-corrected chi connectivity index (χ1v) is 6.71. The van der Waals surface area contributed by atoms with Gasteiger partial charge < -0.3 is 4.90 Å². The van der Waals surface area contributed by atoms with Gasteiger partial charge in [-0.2, -0.15) is 0 Å². The van der Waals surface area contributed by atoms with E-state index in [1.54, 1.807) is 0 Å². The van der Waals surface area contributed by atoms with Gasteiger partial charge in [0.25, 0.3) is 0 Å². The van der Waals surface area contributed by atoms with Crippen molar-refractivity contribution in [3.8, 4) is 0 Å². The Morgan fingerprint density at radius 3 is 2.76 bits per heavy atom. The minimum atomic E-state index is 0.472. The van der Waals surface area contributed by atoms with Crippen LogP contribution in [0.4, 0.5) is 5.69 Å². The van der Waals surface area contributed by atoms with Crippen LogP contribution in [0, 0.1) is 6.92 Å². The van der Waals surface area contributed by atoms with Crippen LogP contribution < -0.4 is 4.90 Å². The van der Waals surface area contributed by atoms with Gasteiger partial charge in [-0.05, 0) is 19.1 Å². The topological polar surface area (TPSA) is 16.1 Å². The summed E-state index contributed by atoms with van der Waals surface area (Å²) in [6.07, 6.45) is 0. The maximum Gasteiger partial charge on any atom is 0.0726 e. The zero-order valence-corrected chi connectivity index (χ0v) is 12.0. The monoisotopic (exact) mass is 292 g/mol. The second-order valence-electron chi connectivity index (χ2n) is 4.46. The molecule has 0 fully saturated rings. The molecular weight excluding hydrogens is 276 g/mol. The Bertz CT molecular complexity index is 523. The fourth-order valence-electron chi connectivity index (χ4n) is 2.08. The lowest BCUT2D eigenvalue weighted by atomic mass is 10.1. The van der Waals surface area contributed by atoms with E-state index in [1.165, 1.54) is 11.1 Å². The average molecular weight is 293 g/mol. The van der Waals surface area contributed by atoms with Gasteiger partial charge in [-0.25, -0.2) is 0 Å². The quantitative estimate of drug-likeness (QED) is 0.801. The summed E-state index contributed by atoms with van der Waals surface area (Å²) < 4.78 is 0. The Hall–Kier alpha value is -1.09. The van der Waals surface area contributed by atoms with Crippen molar-refractivity contribution in [3.63, 3.8) is 0 Å². The van der Waals surface area contributed by atoms with Crippen LogP contribution in [0.5, 0.6) is 0 Å². The number of pyridine rings is 1. The first kappa shape index (κ1) is 12.4. The molecule has 1 aromatic heterocycles. The molecule has 0 radical (unpaired) electrons. The van der Waals surface area contributed by atoms with Crippen molar-refractivity contribution in [1.82, 2.24) is 4.98 Å². The van der Waals surface area contributed by atoms with E-state index in [2.05, 4.69) is 64.1 Å².